The minimum absolute atomic E-state index is 0. The van der Waals surface area contributed by atoms with Crippen molar-refractivity contribution in [1.29, 1.82) is 0 Å². The minimum Gasteiger partial charge on any atom is -1.00 e. The van der Waals surface area contributed by atoms with E-state index >= 15 is 0 Å². The Hall–Kier alpha value is -1.55. The first-order chi connectivity index (χ1) is 16.8. The molecule has 0 saturated heterocycles. The molecule has 4 heterocycles. The molecule has 38 heavy (non-hydrogen) atoms. The highest BCUT2D eigenvalue weighted by molar-refractivity contribution is 9.08. The molecule has 4 rings (SSSR count). The molecule has 0 bridgehead atoms. The van der Waals surface area contributed by atoms with Crippen LogP contribution in [0.25, 0.3) is 0 Å². The SMILES string of the molecule is BrCc1cc[nH+]cc1.C.Cn1cc(S(=O)(=O)Cc2ccncc2)c(Cl)n1.Cn1cc(S(=O)(=O)Cl)c(Cl)n1.[Br-]. The normalized spacial score (nSPS) is 10.6. The van der Waals surface area contributed by atoms with Gasteiger partial charge in [0.25, 0.3) is 9.05 Å². The number of rotatable bonds is 5. The largest absolute Gasteiger partial charge is 1.00 e. The molecule has 0 aliphatic carbocycles. The summed E-state index contributed by atoms with van der Waals surface area (Å²) in [6.07, 6.45) is 9.57. The van der Waals surface area contributed by atoms with E-state index in [2.05, 4.69) is 36.1 Å². The Morgan fingerprint density at radius 3 is 1.68 bits per heavy atom. The van der Waals surface area contributed by atoms with Gasteiger partial charge in [0.2, 0.25) is 0 Å². The zero-order chi connectivity index (χ0) is 26.9. The van der Waals surface area contributed by atoms with Crippen LogP contribution < -0.4 is 22.0 Å². The number of H-pyrrole nitrogens is 1. The summed E-state index contributed by atoms with van der Waals surface area (Å²) in [6, 6.07) is 7.38. The summed E-state index contributed by atoms with van der Waals surface area (Å²) in [5.74, 6) is -0.110. The lowest BCUT2D eigenvalue weighted by Crippen LogP contribution is -3.00. The molecule has 0 amide bonds. The lowest BCUT2D eigenvalue weighted by Gasteiger charge is -2.01. The van der Waals surface area contributed by atoms with Crippen LogP contribution in [-0.2, 0) is 44.1 Å². The minimum atomic E-state index is -3.76. The van der Waals surface area contributed by atoms with Crippen LogP contribution in [0.3, 0.4) is 0 Å². The molecule has 1 N–H and O–H groups in total. The van der Waals surface area contributed by atoms with Gasteiger partial charge in [-0.3, -0.25) is 14.3 Å². The smallest absolute Gasteiger partial charge is 0.265 e. The van der Waals surface area contributed by atoms with Crippen molar-refractivity contribution in [3.05, 3.63) is 82.9 Å². The number of nitrogens with one attached hydrogen (secondary N) is 1. The summed E-state index contributed by atoms with van der Waals surface area (Å²) in [7, 11) is 0.965. The molecule has 17 heteroatoms. The Kier molecular flexibility index (Phi) is 15.9. The average Bonchev–Trinajstić information content (AvgIpc) is 3.35. The van der Waals surface area contributed by atoms with Gasteiger partial charge in [0.15, 0.2) is 32.5 Å². The predicted molar refractivity (Wildman–Crippen MR) is 147 cm³/mol. The fourth-order valence-corrected chi connectivity index (χ4v) is 6.28. The van der Waals surface area contributed by atoms with E-state index in [9.17, 15) is 16.8 Å². The van der Waals surface area contributed by atoms with Crippen LogP contribution in [0.1, 0.15) is 18.6 Å². The molecule has 0 aliphatic rings. The third-order valence-electron chi connectivity index (χ3n) is 4.15. The molecule has 0 aliphatic heterocycles. The third kappa shape index (κ3) is 11.7. The molecule has 0 spiro atoms. The highest BCUT2D eigenvalue weighted by atomic mass is 79.9. The van der Waals surface area contributed by atoms with Crippen molar-refractivity contribution in [3.8, 4) is 0 Å². The monoisotopic (exact) mass is 752 g/mol. The number of aryl methyl sites for hydroxylation is 2. The van der Waals surface area contributed by atoms with E-state index in [-0.39, 0.29) is 50.3 Å². The molecular weight excluding hydrogens is 731 g/mol. The highest BCUT2D eigenvalue weighted by Gasteiger charge is 2.21. The Morgan fingerprint density at radius 2 is 1.34 bits per heavy atom. The number of hydrogen-bond donors (Lipinski definition) is 0. The highest BCUT2D eigenvalue weighted by Crippen LogP contribution is 2.23. The molecule has 210 valence electrons. The summed E-state index contributed by atoms with van der Waals surface area (Å²) < 4.78 is 48.2. The quantitative estimate of drug-likeness (QED) is 0.223. The lowest BCUT2D eigenvalue weighted by molar-refractivity contribution is -0.378. The molecule has 10 nitrogen and oxygen atoms in total. The van der Waals surface area contributed by atoms with Crippen LogP contribution in [0.4, 0.5) is 0 Å². The molecule has 0 saturated carbocycles. The second-order valence-electron chi connectivity index (χ2n) is 7.01. The number of alkyl halides is 1. The fourth-order valence-electron chi connectivity index (χ4n) is 2.54. The van der Waals surface area contributed by atoms with Gasteiger partial charge in [0.05, 0.1) is 5.75 Å². The van der Waals surface area contributed by atoms with Crippen LogP contribution in [0.15, 0.2) is 71.2 Å². The van der Waals surface area contributed by atoms with Gasteiger partial charge < -0.3 is 17.0 Å². The molecule has 4 aromatic heterocycles. The van der Waals surface area contributed by atoms with Crippen molar-refractivity contribution in [1.82, 2.24) is 24.5 Å². The van der Waals surface area contributed by atoms with Gasteiger partial charge in [-0.15, -0.1) is 0 Å². The molecular formula is C21H25Br2Cl3N6O4S2. The van der Waals surface area contributed by atoms with Crippen LogP contribution in [0.5, 0.6) is 0 Å². The Balaban J connectivity index is 0.000000567. The van der Waals surface area contributed by atoms with Gasteiger partial charge in [-0.05, 0) is 23.3 Å². The van der Waals surface area contributed by atoms with Crippen LogP contribution in [-0.4, -0.2) is 41.4 Å². The maximum atomic E-state index is 12.1. The van der Waals surface area contributed by atoms with Crippen molar-refractivity contribution in [3.63, 3.8) is 0 Å². The van der Waals surface area contributed by atoms with Crippen molar-refractivity contribution in [2.75, 3.05) is 0 Å². The molecule has 0 atom stereocenters. The Morgan fingerprint density at radius 1 is 0.868 bits per heavy atom. The summed E-state index contributed by atoms with van der Waals surface area (Å²) in [5, 5.41) is 8.23. The van der Waals surface area contributed by atoms with Crippen LogP contribution >= 0.6 is 49.8 Å². The second kappa shape index (κ2) is 16.5. The molecule has 0 radical (unpaired) electrons. The topological polar surface area (TPSA) is 131 Å². The summed E-state index contributed by atoms with van der Waals surface area (Å²) in [6.45, 7) is 0. The van der Waals surface area contributed by atoms with Crippen molar-refractivity contribution >= 4 is 68.7 Å². The van der Waals surface area contributed by atoms with Crippen molar-refractivity contribution in [2.24, 2.45) is 14.1 Å². The third-order valence-corrected chi connectivity index (χ3v) is 8.59. The second-order valence-corrected chi connectivity index (χ2v) is 12.8. The van der Waals surface area contributed by atoms with Gasteiger partial charge in [0.1, 0.15) is 9.79 Å². The van der Waals surface area contributed by atoms with Gasteiger partial charge in [-0.25, -0.2) is 21.8 Å². The Bertz CT molecular complexity index is 1490. The van der Waals surface area contributed by atoms with Crippen molar-refractivity contribution < 1.29 is 38.8 Å². The number of halogens is 5. The number of aromatic amines is 1. The van der Waals surface area contributed by atoms with E-state index in [0.29, 0.717) is 5.56 Å². The number of nitrogens with zero attached hydrogens (tertiary/aromatic N) is 5. The molecule has 0 aromatic carbocycles. The van der Waals surface area contributed by atoms with Gasteiger partial charge in [0, 0.05) is 67.0 Å². The number of aromatic nitrogens is 6. The van der Waals surface area contributed by atoms with E-state index < -0.39 is 18.9 Å². The summed E-state index contributed by atoms with van der Waals surface area (Å²) in [4.78, 5) is 6.67. The molecule has 0 fully saturated rings. The standard InChI is InChI=1S/C10H10ClN3O2S.C6H6BrN.C4H4Cl2N2O2S.CH4.BrH/c1-14-6-9(10(11)13-14)17(15,16)7-8-2-4-12-5-3-8;7-5-6-1-3-8-4-2-6;1-8-2-3(4(5)7-8)11(6,9)10;;/h2-6H,7H2,1H3;1-4H,5H2;2H,1H3;1H4;1H. The summed E-state index contributed by atoms with van der Waals surface area (Å²) >= 11 is 14.6. The van der Waals surface area contributed by atoms with E-state index in [1.165, 1.54) is 27.3 Å². The number of sulfone groups is 1. The summed E-state index contributed by atoms with van der Waals surface area (Å²) in [5.41, 5.74) is 1.96. The first-order valence-corrected chi connectivity index (χ1v) is 15.6. The fraction of sp³-hybridized carbons (Fsp3) is 0.238. The van der Waals surface area contributed by atoms with E-state index in [0.717, 1.165) is 5.33 Å². The zero-order valence-corrected chi connectivity index (χ0v) is 26.3. The Labute approximate surface area is 255 Å². The number of pyridine rings is 2. The first-order valence-electron chi connectivity index (χ1n) is 9.79. The average molecular weight is 756 g/mol. The molecule has 4 aromatic rings. The maximum Gasteiger partial charge on any atom is 0.265 e. The first kappa shape index (κ1) is 36.5. The van der Waals surface area contributed by atoms with E-state index in [4.69, 9.17) is 33.9 Å². The van der Waals surface area contributed by atoms with Gasteiger partial charge in [-0.1, -0.05) is 46.6 Å². The number of hydrogen-bond acceptors (Lipinski definition) is 7. The van der Waals surface area contributed by atoms with E-state index in [1.54, 1.807) is 38.6 Å². The lowest BCUT2D eigenvalue weighted by atomic mass is 10.3. The predicted octanol–water partition coefficient (Wildman–Crippen LogP) is 1.48. The van der Waals surface area contributed by atoms with Gasteiger partial charge in [-0.2, -0.15) is 10.2 Å². The van der Waals surface area contributed by atoms with Crippen LogP contribution in [0, 0.1) is 0 Å². The van der Waals surface area contributed by atoms with Crippen molar-refractivity contribution in [2.45, 2.75) is 28.3 Å². The van der Waals surface area contributed by atoms with Gasteiger partial charge >= 0.3 is 0 Å². The van der Waals surface area contributed by atoms with E-state index in [1.807, 2.05) is 24.5 Å². The molecule has 0 unspecified atom stereocenters. The van der Waals surface area contributed by atoms with Crippen LogP contribution in [0.2, 0.25) is 10.3 Å². The maximum absolute atomic E-state index is 12.1. The zero-order valence-electron chi connectivity index (χ0n) is 19.3.